The zero-order chi connectivity index (χ0) is 26.1. The molecular formula is C34H45N. The van der Waals surface area contributed by atoms with Crippen LogP contribution in [0.3, 0.4) is 0 Å². The van der Waals surface area contributed by atoms with Crippen LogP contribution in [-0.2, 0) is 6.42 Å². The molecule has 0 saturated carbocycles. The lowest BCUT2D eigenvalue weighted by atomic mass is 9.91. The van der Waals surface area contributed by atoms with Crippen LogP contribution < -0.4 is 5.73 Å². The highest BCUT2D eigenvalue weighted by Gasteiger charge is 2.10. The van der Waals surface area contributed by atoms with Crippen LogP contribution in [0.25, 0.3) is 16.7 Å². The molecule has 0 saturated heterocycles. The molecule has 2 aromatic rings. The molecule has 0 aromatic heterocycles. The predicted molar refractivity (Wildman–Crippen MR) is 159 cm³/mol. The molecule has 0 heterocycles. The monoisotopic (exact) mass is 467 g/mol. The fourth-order valence-corrected chi connectivity index (χ4v) is 4.49. The Kier molecular flexibility index (Phi) is 10.6. The topological polar surface area (TPSA) is 26.0 Å². The van der Waals surface area contributed by atoms with E-state index < -0.39 is 0 Å². The first-order chi connectivity index (χ1) is 16.6. The van der Waals surface area contributed by atoms with Gasteiger partial charge in [-0.1, -0.05) is 94.0 Å². The maximum Gasteiger partial charge on any atom is 0.0352 e. The van der Waals surface area contributed by atoms with Crippen LogP contribution in [-0.4, -0.2) is 0 Å². The smallest absolute Gasteiger partial charge is 0.0352 e. The minimum absolute atomic E-state index is 0.776. The van der Waals surface area contributed by atoms with Gasteiger partial charge >= 0.3 is 0 Å². The molecule has 2 rings (SSSR count). The summed E-state index contributed by atoms with van der Waals surface area (Å²) in [7, 11) is 0. The fraction of sp³-hybridized carbons (Fsp3) is 0.353. The van der Waals surface area contributed by atoms with Gasteiger partial charge in [-0.15, -0.1) is 0 Å². The maximum absolute atomic E-state index is 6.50. The second-order valence-corrected chi connectivity index (χ2v) is 10.1. The number of aryl methyl sites for hydroxylation is 2. The van der Waals surface area contributed by atoms with E-state index in [0.29, 0.717) is 0 Å². The zero-order valence-corrected chi connectivity index (χ0v) is 23.1. The van der Waals surface area contributed by atoms with Crippen molar-refractivity contribution in [2.24, 2.45) is 5.92 Å². The number of anilines is 1. The molecule has 186 valence electrons. The van der Waals surface area contributed by atoms with Gasteiger partial charge in [-0.3, -0.25) is 0 Å². The van der Waals surface area contributed by atoms with Gasteiger partial charge in [0.1, 0.15) is 0 Å². The van der Waals surface area contributed by atoms with Gasteiger partial charge in [-0.05, 0) is 110 Å². The van der Waals surface area contributed by atoms with Crippen LogP contribution in [0.15, 0.2) is 78.9 Å². The molecule has 35 heavy (non-hydrogen) atoms. The molecule has 1 unspecified atom stereocenters. The number of nitrogen functional groups attached to an aromatic ring is 1. The lowest BCUT2D eigenvalue weighted by molar-refractivity contribution is 0.496. The van der Waals surface area contributed by atoms with Crippen molar-refractivity contribution in [2.75, 3.05) is 5.73 Å². The van der Waals surface area contributed by atoms with E-state index in [1.807, 2.05) is 13.0 Å². The van der Waals surface area contributed by atoms with Gasteiger partial charge < -0.3 is 5.73 Å². The van der Waals surface area contributed by atoms with E-state index in [1.165, 1.54) is 58.2 Å². The van der Waals surface area contributed by atoms with Crippen LogP contribution in [0.4, 0.5) is 5.69 Å². The minimum atomic E-state index is 0.776. The summed E-state index contributed by atoms with van der Waals surface area (Å²) in [6, 6.07) is 13.1. The molecule has 0 fully saturated rings. The summed E-state index contributed by atoms with van der Waals surface area (Å²) in [6.07, 6.45) is 10.9. The van der Waals surface area contributed by atoms with Crippen LogP contribution >= 0.6 is 0 Å². The second kappa shape index (κ2) is 13.1. The third kappa shape index (κ3) is 7.72. The molecule has 0 amide bonds. The van der Waals surface area contributed by atoms with Gasteiger partial charge in [0.05, 0.1) is 0 Å². The van der Waals surface area contributed by atoms with E-state index in [1.54, 1.807) is 0 Å². The van der Waals surface area contributed by atoms with Gasteiger partial charge in [0.2, 0.25) is 0 Å². The zero-order valence-electron chi connectivity index (χ0n) is 23.1. The molecule has 2 N–H and O–H groups in total. The average molecular weight is 468 g/mol. The largest absolute Gasteiger partial charge is 0.398 e. The summed E-state index contributed by atoms with van der Waals surface area (Å²) in [4.78, 5) is 0. The van der Waals surface area contributed by atoms with Crippen molar-refractivity contribution in [3.05, 3.63) is 107 Å². The molecule has 2 aromatic carbocycles. The number of hydrogen-bond donors (Lipinski definition) is 1. The van der Waals surface area contributed by atoms with Crippen molar-refractivity contribution in [2.45, 2.75) is 74.1 Å². The first-order valence-corrected chi connectivity index (χ1v) is 12.9. The molecule has 0 aliphatic carbocycles. The number of hydrogen-bond acceptors (Lipinski definition) is 1. The lowest BCUT2D eigenvalue weighted by Gasteiger charge is -2.15. The van der Waals surface area contributed by atoms with E-state index >= 15 is 0 Å². The SMILES string of the molecule is C=C\C=C(/C(C)=C(C)/C=C(\C)c1ccc(C(=C)C)cc1C)c1ccc(CCCC(C)CC)c(N)c1. The summed E-state index contributed by atoms with van der Waals surface area (Å²) in [6.45, 7) is 23.4. The first kappa shape index (κ1) is 28.2. The molecular weight excluding hydrogens is 422 g/mol. The van der Waals surface area contributed by atoms with E-state index in [2.05, 4.69) is 103 Å². The molecule has 1 nitrogen and oxygen atoms in total. The Hall–Kier alpha value is -3.06. The van der Waals surface area contributed by atoms with E-state index in [9.17, 15) is 0 Å². The minimum Gasteiger partial charge on any atom is -0.398 e. The number of allylic oxidation sites excluding steroid dienone is 8. The molecule has 0 bridgehead atoms. The van der Waals surface area contributed by atoms with Crippen molar-refractivity contribution in [1.82, 2.24) is 0 Å². The van der Waals surface area contributed by atoms with E-state index in [-0.39, 0.29) is 0 Å². The Labute approximate surface area is 214 Å². The molecule has 0 aliphatic heterocycles. The Balaban J connectivity index is 2.34. The van der Waals surface area contributed by atoms with E-state index in [4.69, 9.17) is 5.73 Å². The van der Waals surface area contributed by atoms with Crippen LogP contribution in [0.1, 0.15) is 88.6 Å². The van der Waals surface area contributed by atoms with Gasteiger partial charge in [0, 0.05) is 5.69 Å². The molecule has 0 radical (unpaired) electrons. The second-order valence-electron chi connectivity index (χ2n) is 10.1. The standard InChI is InChI=1S/C34H45N/c1-10-13-33(31-17-16-29(34(35)22-31)15-12-14-24(5)11-2)28(9)25(6)20-26(7)32-19-18-30(23(3)4)21-27(32)8/h10,13,16-22,24H,1,3,11-12,14-15,35H2,2,4-9H3/b26-20+,28-25+,33-13+. The van der Waals surface area contributed by atoms with Crippen LogP contribution in [0, 0.1) is 12.8 Å². The number of benzene rings is 2. The third-order valence-electron chi connectivity index (χ3n) is 7.15. The Morgan fingerprint density at radius 3 is 2.29 bits per heavy atom. The Morgan fingerprint density at radius 1 is 1.03 bits per heavy atom. The normalized spacial score (nSPS) is 13.9. The highest BCUT2D eigenvalue weighted by molar-refractivity contribution is 5.83. The molecule has 0 spiro atoms. The number of nitrogens with two attached hydrogens (primary N) is 1. The highest BCUT2D eigenvalue weighted by atomic mass is 14.6. The molecule has 1 heteroatoms. The maximum atomic E-state index is 6.50. The summed E-state index contributed by atoms with van der Waals surface area (Å²) < 4.78 is 0. The van der Waals surface area contributed by atoms with E-state index in [0.717, 1.165) is 34.7 Å². The van der Waals surface area contributed by atoms with Crippen LogP contribution in [0.2, 0.25) is 0 Å². The van der Waals surface area contributed by atoms with Crippen molar-refractivity contribution >= 4 is 22.4 Å². The lowest BCUT2D eigenvalue weighted by Crippen LogP contribution is -1.99. The van der Waals surface area contributed by atoms with Crippen molar-refractivity contribution in [3.63, 3.8) is 0 Å². The summed E-state index contributed by atoms with van der Waals surface area (Å²) >= 11 is 0. The number of rotatable bonds is 11. The third-order valence-corrected chi connectivity index (χ3v) is 7.15. The predicted octanol–water partition coefficient (Wildman–Crippen LogP) is 9.99. The summed E-state index contributed by atoms with van der Waals surface area (Å²) in [5, 5.41) is 0. The quantitative estimate of drug-likeness (QED) is 0.258. The van der Waals surface area contributed by atoms with Gasteiger partial charge in [-0.2, -0.15) is 0 Å². The highest BCUT2D eigenvalue weighted by Crippen LogP contribution is 2.31. The molecule has 0 aliphatic rings. The van der Waals surface area contributed by atoms with Crippen molar-refractivity contribution in [1.29, 1.82) is 0 Å². The molecule has 1 atom stereocenters. The first-order valence-electron chi connectivity index (χ1n) is 12.9. The summed E-state index contributed by atoms with van der Waals surface area (Å²) in [5.74, 6) is 0.776. The Morgan fingerprint density at radius 2 is 1.71 bits per heavy atom. The van der Waals surface area contributed by atoms with Crippen LogP contribution in [0.5, 0.6) is 0 Å². The average Bonchev–Trinajstić information content (AvgIpc) is 2.82. The fourth-order valence-electron chi connectivity index (χ4n) is 4.49. The van der Waals surface area contributed by atoms with Crippen molar-refractivity contribution in [3.8, 4) is 0 Å². The Bertz CT molecular complexity index is 1150. The summed E-state index contributed by atoms with van der Waals surface area (Å²) in [5.41, 5.74) is 19.5. The van der Waals surface area contributed by atoms with Gasteiger partial charge in [0.25, 0.3) is 0 Å². The van der Waals surface area contributed by atoms with Crippen molar-refractivity contribution < 1.29 is 0 Å². The van der Waals surface area contributed by atoms with Gasteiger partial charge in [0.15, 0.2) is 0 Å². The van der Waals surface area contributed by atoms with Gasteiger partial charge in [-0.25, -0.2) is 0 Å².